The lowest BCUT2D eigenvalue weighted by Crippen LogP contribution is -2.11. The summed E-state index contributed by atoms with van der Waals surface area (Å²) in [6.07, 6.45) is 6.89. The molecule has 1 heterocycles. The van der Waals surface area contributed by atoms with E-state index in [2.05, 4.69) is 5.32 Å². The highest BCUT2D eigenvalue weighted by molar-refractivity contribution is 5.90. The van der Waals surface area contributed by atoms with Crippen molar-refractivity contribution in [1.82, 2.24) is 4.57 Å². The highest BCUT2D eigenvalue weighted by Gasteiger charge is 2.02. The van der Waals surface area contributed by atoms with Gasteiger partial charge in [-0.1, -0.05) is 6.42 Å². The molecule has 5 nitrogen and oxygen atoms in total. The molecule has 22 heavy (non-hydrogen) atoms. The summed E-state index contributed by atoms with van der Waals surface area (Å²) >= 11 is 0. The Kier molecular flexibility index (Phi) is 5.77. The first-order valence-corrected chi connectivity index (χ1v) is 7.45. The number of nitrogens with zero attached hydrogens (tertiary/aromatic N) is 1. The van der Waals surface area contributed by atoms with Crippen LogP contribution in [0.2, 0.25) is 0 Å². The van der Waals surface area contributed by atoms with Crippen molar-refractivity contribution < 1.29 is 4.79 Å². The molecule has 0 spiro atoms. The second-order valence-corrected chi connectivity index (χ2v) is 5.25. The van der Waals surface area contributed by atoms with E-state index in [1.165, 1.54) is 0 Å². The number of amides is 1. The molecule has 0 aliphatic heterocycles. The minimum absolute atomic E-state index is 0.0214. The number of pyridine rings is 1. The van der Waals surface area contributed by atoms with Crippen LogP contribution in [-0.4, -0.2) is 10.5 Å². The van der Waals surface area contributed by atoms with Crippen LogP contribution < -0.4 is 16.5 Å². The van der Waals surface area contributed by atoms with Crippen molar-refractivity contribution in [2.75, 3.05) is 11.1 Å². The zero-order chi connectivity index (χ0) is 15.8. The number of benzene rings is 1. The van der Waals surface area contributed by atoms with Crippen LogP contribution in [0.1, 0.15) is 25.7 Å². The first-order valence-electron chi connectivity index (χ1n) is 7.45. The van der Waals surface area contributed by atoms with Gasteiger partial charge in [0, 0.05) is 48.9 Å². The Balaban J connectivity index is 1.61. The smallest absolute Gasteiger partial charge is 0.224 e. The summed E-state index contributed by atoms with van der Waals surface area (Å²) < 4.78 is 1.98. The number of nitrogen functional groups attached to an aromatic ring is 1. The molecule has 0 bridgehead atoms. The Morgan fingerprint density at radius 2 is 1.68 bits per heavy atom. The van der Waals surface area contributed by atoms with Crippen LogP contribution in [0.5, 0.6) is 0 Å². The molecule has 1 aromatic heterocycles. The van der Waals surface area contributed by atoms with Crippen LogP contribution in [-0.2, 0) is 11.3 Å². The van der Waals surface area contributed by atoms with E-state index in [0.717, 1.165) is 31.5 Å². The van der Waals surface area contributed by atoms with Crippen molar-refractivity contribution in [3.63, 3.8) is 0 Å². The van der Waals surface area contributed by atoms with Gasteiger partial charge in [0.05, 0.1) is 0 Å². The molecule has 5 heteroatoms. The van der Waals surface area contributed by atoms with Gasteiger partial charge in [-0.05, 0) is 37.1 Å². The van der Waals surface area contributed by atoms with E-state index >= 15 is 0 Å². The fourth-order valence-electron chi connectivity index (χ4n) is 2.14. The highest BCUT2D eigenvalue weighted by Crippen LogP contribution is 2.11. The Morgan fingerprint density at radius 3 is 2.36 bits per heavy atom. The number of unbranched alkanes of at least 4 members (excludes halogenated alkanes) is 2. The summed E-state index contributed by atoms with van der Waals surface area (Å²) in [6.45, 7) is 0.861. The van der Waals surface area contributed by atoms with Gasteiger partial charge in [-0.3, -0.25) is 9.59 Å². The predicted octanol–water partition coefficient (Wildman–Crippen LogP) is 2.63. The van der Waals surface area contributed by atoms with Gasteiger partial charge in [0.2, 0.25) is 5.91 Å². The maximum Gasteiger partial charge on any atom is 0.224 e. The molecule has 3 N–H and O–H groups in total. The summed E-state index contributed by atoms with van der Waals surface area (Å²) in [4.78, 5) is 22.8. The molecule has 0 aliphatic rings. The Hall–Kier alpha value is -2.56. The molecule has 1 aromatic carbocycles. The van der Waals surface area contributed by atoms with Crippen molar-refractivity contribution >= 4 is 17.3 Å². The first kappa shape index (κ1) is 15.8. The summed E-state index contributed by atoms with van der Waals surface area (Å²) in [6, 6.07) is 10.2. The van der Waals surface area contributed by atoms with Gasteiger partial charge in [0.25, 0.3) is 0 Å². The first-order chi connectivity index (χ1) is 10.6. The van der Waals surface area contributed by atoms with Crippen LogP contribution >= 0.6 is 0 Å². The molecule has 0 aliphatic carbocycles. The van der Waals surface area contributed by atoms with Crippen molar-refractivity contribution in [2.45, 2.75) is 32.2 Å². The molecule has 0 radical (unpaired) electrons. The molecule has 116 valence electrons. The molecule has 0 fully saturated rings. The van der Waals surface area contributed by atoms with E-state index in [1.54, 1.807) is 48.8 Å². The Bertz CT molecular complexity index is 642. The number of anilines is 2. The number of rotatable bonds is 7. The number of nitrogens with two attached hydrogens (primary N) is 1. The fourth-order valence-corrected chi connectivity index (χ4v) is 2.14. The minimum Gasteiger partial charge on any atom is -0.399 e. The average Bonchev–Trinajstić information content (AvgIpc) is 2.51. The topological polar surface area (TPSA) is 77.1 Å². The maximum absolute atomic E-state index is 11.8. The summed E-state index contributed by atoms with van der Waals surface area (Å²) in [5.74, 6) is 0.0214. The largest absolute Gasteiger partial charge is 0.399 e. The number of aromatic nitrogens is 1. The fraction of sp³-hybridized carbons (Fsp3) is 0.294. The van der Waals surface area contributed by atoms with Crippen molar-refractivity contribution in [2.24, 2.45) is 0 Å². The van der Waals surface area contributed by atoms with E-state index < -0.39 is 0 Å². The molecule has 2 rings (SSSR count). The molecule has 0 saturated heterocycles. The molecule has 0 saturated carbocycles. The van der Waals surface area contributed by atoms with Gasteiger partial charge in [-0.2, -0.15) is 0 Å². The lowest BCUT2D eigenvalue weighted by molar-refractivity contribution is -0.116. The van der Waals surface area contributed by atoms with Gasteiger partial charge in [-0.15, -0.1) is 0 Å². The van der Waals surface area contributed by atoms with E-state index in [-0.39, 0.29) is 11.3 Å². The molecule has 0 atom stereocenters. The minimum atomic E-state index is 0.0214. The summed E-state index contributed by atoms with van der Waals surface area (Å²) in [7, 11) is 0. The third-order valence-corrected chi connectivity index (χ3v) is 3.38. The average molecular weight is 299 g/mol. The predicted molar refractivity (Wildman–Crippen MR) is 88.7 cm³/mol. The number of aryl methyl sites for hydroxylation is 1. The summed E-state index contributed by atoms with van der Waals surface area (Å²) in [5.41, 5.74) is 7.07. The van der Waals surface area contributed by atoms with Crippen LogP contribution in [0.15, 0.2) is 53.6 Å². The van der Waals surface area contributed by atoms with Crippen LogP contribution in [0.4, 0.5) is 11.4 Å². The van der Waals surface area contributed by atoms with E-state index in [9.17, 15) is 9.59 Å². The summed E-state index contributed by atoms with van der Waals surface area (Å²) in [5, 5.41) is 2.85. The lowest BCUT2D eigenvalue weighted by atomic mass is 10.2. The van der Waals surface area contributed by atoms with Gasteiger partial charge < -0.3 is 15.6 Å². The monoisotopic (exact) mass is 299 g/mol. The second-order valence-electron chi connectivity index (χ2n) is 5.25. The van der Waals surface area contributed by atoms with Crippen molar-refractivity contribution in [3.05, 3.63) is 59.0 Å². The number of carbonyl (C=O) groups is 1. The number of carbonyl (C=O) groups excluding carboxylic acids is 1. The molecule has 0 unspecified atom stereocenters. The Labute approximate surface area is 129 Å². The van der Waals surface area contributed by atoms with E-state index in [1.807, 2.05) is 4.57 Å². The standard InChI is InChI=1S/C17H21N3O2/c18-14-5-7-15(8-6-14)19-17(22)4-2-1-3-11-20-12-9-16(21)10-13-20/h5-10,12-13H,1-4,11,18H2,(H,19,22). The molecular formula is C17H21N3O2. The highest BCUT2D eigenvalue weighted by atomic mass is 16.1. The zero-order valence-electron chi connectivity index (χ0n) is 12.5. The molecule has 2 aromatic rings. The van der Waals surface area contributed by atoms with Crippen molar-refractivity contribution in [3.8, 4) is 0 Å². The maximum atomic E-state index is 11.8. The number of hydrogen-bond donors (Lipinski definition) is 2. The third kappa shape index (κ3) is 5.44. The van der Waals surface area contributed by atoms with E-state index in [0.29, 0.717) is 12.1 Å². The normalized spacial score (nSPS) is 10.4. The quantitative estimate of drug-likeness (QED) is 0.609. The van der Waals surface area contributed by atoms with Crippen molar-refractivity contribution in [1.29, 1.82) is 0 Å². The lowest BCUT2D eigenvalue weighted by Gasteiger charge is -2.07. The van der Waals surface area contributed by atoms with Gasteiger partial charge >= 0.3 is 0 Å². The number of hydrogen-bond acceptors (Lipinski definition) is 3. The third-order valence-electron chi connectivity index (χ3n) is 3.38. The van der Waals surface area contributed by atoms with Gasteiger partial charge in [-0.25, -0.2) is 0 Å². The molecular weight excluding hydrogens is 278 g/mol. The second kappa shape index (κ2) is 8.02. The Morgan fingerprint density at radius 1 is 1.00 bits per heavy atom. The van der Waals surface area contributed by atoms with Gasteiger partial charge in [0.1, 0.15) is 0 Å². The van der Waals surface area contributed by atoms with E-state index in [4.69, 9.17) is 5.73 Å². The van der Waals surface area contributed by atoms with Crippen LogP contribution in [0, 0.1) is 0 Å². The number of nitrogens with one attached hydrogen (secondary N) is 1. The van der Waals surface area contributed by atoms with Crippen LogP contribution in [0.25, 0.3) is 0 Å². The zero-order valence-corrected chi connectivity index (χ0v) is 12.5. The van der Waals surface area contributed by atoms with Crippen LogP contribution in [0.3, 0.4) is 0 Å². The molecule has 1 amide bonds. The SMILES string of the molecule is Nc1ccc(NC(=O)CCCCCn2ccc(=O)cc2)cc1. The van der Waals surface area contributed by atoms with Gasteiger partial charge in [0.15, 0.2) is 5.43 Å².